The Kier molecular flexibility index (Phi) is 5.64. The minimum absolute atomic E-state index is 0.00855. The maximum atomic E-state index is 12.3. The molecule has 0 bridgehead atoms. The van der Waals surface area contributed by atoms with Gasteiger partial charge in [-0.1, -0.05) is 18.2 Å². The molecule has 1 saturated heterocycles. The molecule has 30 heavy (non-hydrogen) atoms. The fourth-order valence-corrected chi connectivity index (χ4v) is 5.47. The van der Waals surface area contributed by atoms with Gasteiger partial charge in [0, 0.05) is 29.6 Å². The molecule has 3 heterocycles. The Morgan fingerprint density at radius 1 is 1.13 bits per heavy atom. The van der Waals surface area contributed by atoms with E-state index in [4.69, 9.17) is 4.42 Å². The smallest absolute Gasteiger partial charge is 0.257 e. The number of carbonyl (C=O) groups is 1. The first kappa shape index (κ1) is 19.5. The van der Waals surface area contributed by atoms with Crippen LogP contribution in [-0.2, 0) is 19.4 Å². The Morgan fingerprint density at radius 3 is 2.73 bits per heavy atom. The molecule has 3 aromatic rings. The fourth-order valence-electron chi connectivity index (χ4n) is 4.30. The molecule has 1 aliphatic heterocycles. The second kappa shape index (κ2) is 8.70. The predicted octanol–water partition coefficient (Wildman–Crippen LogP) is 4.07. The van der Waals surface area contributed by atoms with Crippen molar-refractivity contribution in [1.29, 1.82) is 0 Å². The Labute approximate surface area is 180 Å². The van der Waals surface area contributed by atoms with Gasteiger partial charge in [0.05, 0.1) is 11.4 Å². The van der Waals surface area contributed by atoms with Crippen LogP contribution in [-0.4, -0.2) is 40.1 Å². The predicted molar refractivity (Wildman–Crippen MR) is 116 cm³/mol. The van der Waals surface area contributed by atoms with Gasteiger partial charge in [-0.15, -0.1) is 21.5 Å². The van der Waals surface area contributed by atoms with E-state index >= 15 is 0 Å². The van der Waals surface area contributed by atoms with Gasteiger partial charge >= 0.3 is 0 Å². The van der Waals surface area contributed by atoms with Crippen molar-refractivity contribution in [2.75, 3.05) is 13.1 Å². The number of carbonyl (C=O) groups excluding carboxylic acids is 1. The van der Waals surface area contributed by atoms with Crippen LogP contribution in [0, 0.1) is 0 Å². The molecule has 1 amide bonds. The van der Waals surface area contributed by atoms with Crippen molar-refractivity contribution in [1.82, 2.24) is 20.4 Å². The number of amides is 1. The minimum atomic E-state index is 0.00855. The zero-order valence-corrected chi connectivity index (χ0v) is 17.8. The summed E-state index contributed by atoms with van der Waals surface area (Å²) in [6.45, 7) is 2.48. The van der Waals surface area contributed by atoms with Crippen molar-refractivity contribution in [2.45, 2.75) is 51.1 Å². The highest BCUT2D eigenvalue weighted by Crippen LogP contribution is 2.35. The number of fused-ring (bicyclic) bond motifs is 1. The molecule has 1 aliphatic carbocycles. The lowest BCUT2D eigenvalue weighted by Gasteiger charge is -2.31. The van der Waals surface area contributed by atoms with Gasteiger partial charge in [0.25, 0.3) is 11.8 Å². The van der Waals surface area contributed by atoms with E-state index in [9.17, 15) is 4.79 Å². The summed E-state index contributed by atoms with van der Waals surface area (Å²) in [6, 6.07) is 11.8. The largest absolute Gasteiger partial charge is 0.419 e. The van der Waals surface area contributed by atoms with Gasteiger partial charge in [0.2, 0.25) is 5.89 Å². The third kappa shape index (κ3) is 4.32. The lowest BCUT2D eigenvalue weighted by Crippen LogP contribution is -2.44. The molecular weight excluding hydrogens is 396 g/mol. The second-order valence-corrected chi connectivity index (χ2v) is 9.29. The summed E-state index contributed by atoms with van der Waals surface area (Å²) in [5.41, 5.74) is 2.18. The van der Waals surface area contributed by atoms with Gasteiger partial charge in [-0.05, 0) is 62.3 Å². The van der Waals surface area contributed by atoms with E-state index in [-0.39, 0.29) is 11.9 Å². The summed E-state index contributed by atoms with van der Waals surface area (Å²) in [4.78, 5) is 17.2. The molecule has 2 aromatic heterocycles. The highest BCUT2D eigenvalue weighted by Gasteiger charge is 2.23. The fraction of sp³-hybridized carbons (Fsp3) is 0.435. The lowest BCUT2D eigenvalue weighted by molar-refractivity contribution is 0.0905. The number of piperidine rings is 1. The lowest BCUT2D eigenvalue weighted by atomic mass is 9.99. The van der Waals surface area contributed by atoms with E-state index in [0.717, 1.165) is 30.8 Å². The molecule has 0 atom stereocenters. The van der Waals surface area contributed by atoms with Gasteiger partial charge in [0.15, 0.2) is 0 Å². The Balaban J connectivity index is 1.14. The highest BCUT2D eigenvalue weighted by molar-refractivity contribution is 7.15. The standard InChI is InChI=1S/C23H26N4O2S/c28-22(16-6-2-1-3-7-16)24-18-10-12-27(13-11-18)15-21-25-26-23(29-21)20-14-17-8-4-5-9-19(17)30-20/h1-3,6-7,14,18H,4-5,8-13,15H2,(H,24,28). The van der Waals surface area contributed by atoms with Gasteiger partial charge in [-0.3, -0.25) is 9.69 Å². The quantitative estimate of drug-likeness (QED) is 0.671. The molecule has 1 aromatic carbocycles. The van der Waals surface area contributed by atoms with Gasteiger partial charge in [0.1, 0.15) is 0 Å². The number of aryl methyl sites for hydroxylation is 2. The maximum absolute atomic E-state index is 12.3. The normalized spacial score (nSPS) is 17.6. The summed E-state index contributed by atoms with van der Waals surface area (Å²) in [7, 11) is 0. The van der Waals surface area contributed by atoms with Gasteiger partial charge in [-0.2, -0.15) is 0 Å². The Hall–Kier alpha value is -2.51. The third-order valence-electron chi connectivity index (χ3n) is 5.99. The van der Waals surface area contributed by atoms with Crippen LogP contribution >= 0.6 is 11.3 Å². The Bertz CT molecular complexity index is 982. The molecule has 0 unspecified atom stereocenters. The summed E-state index contributed by atoms with van der Waals surface area (Å²) < 4.78 is 5.98. The average molecular weight is 423 g/mol. The molecule has 6 nitrogen and oxygen atoms in total. The van der Waals surface area contributed by atoms with Crippen LogP contribution in [0.15, 0.2) is 40.8 Å². The van der Waals surface area contributed by atoms with E-state index in [1.165, 1.54) is 36.1 Å². The first-order valence-corrected chi connectivity index (χ1v) is 11.6. The molecule has 0 spiro atoms. The van der Waals surface area contributed by atoms with Crippen molar-refractivity contribution in [3.63, 3.8) is 0 Å². The van der Waals surface area contributed by atoms with E-state index in [0.29, 0.717) is 23.9 Å². The first-order valence-electron chi connectivity index (χ1n) is 10.8. The Morgan fingerprint density at radius 2 is 1.93 bits per heavy atom. The number of benzene rings is 1. The molecule has 2 aliphatic rings. The highest BCUT2D eigenvalue weighted by atomic mass is 32.1. The number of thiophene rings is 1. The second-order valence-electron chi connectivity index (χ2n) is 8.16. The molecule has 1 fully saturated rings. The van der Waals surface area contributed by atoms with E-state index in [1.807, 2.05) is 30.3 Å². The van der Waals surface area contributed by atoms with Crippen LogP contribution in [0.2, 0.25) is 0 Å². The van der Waals surface area contributed by atoms with E-state index in [1.54, 1.807) is 11.3 Å². The topological polar surface area (TPSA) is 71.3 Å². The van der Waals surface area contributed by atoms with Crippen LogP contribution in [0.25, 0.3) is 10.8 Å². The van der Waals surface area contributed by atoms with Crippen LogP contribution in [0.1, 0.15) is 52.4 Å². The minimum Gasteiger partial charge on any atom is -0.419 e. The monoisotopic (exact) mass is 422 g/mol. The van der Waals surface area contributed by atoms with Crippen molar-refractivity contribution in [2.24, 2.45) is 0 Å². The van der Waals surface area contributed by atoms with Crippen molar-refractivity contribution < 1.29 is 9.21 Å². The van der Waals surface area contributed by atoms with Crippen LogP contribution < -0.4 is 5.32 Å². The first-order chi connectivity index (χ1) is 14.7. The number of likely N-dealkylation sites (tertiary alicyclic amines) is 1. The van der Waals surface area contributed by atoms with E-state index < -0.39 is 0 Å². The number of rotatable bonds is 5. The van der Waals surface area contributed by atoms with Crippen LogP contribution in [0.3, 0.4) is 0 Å². The van der Waals surface area contributed by atoms with E-state index in [2.05, 4.69) is 26.5 Å². The SMILES string of the molecule is O=C(NC1CCN(Cc2nnc(-c3cc4c(s3)CCCC4)o2)CC1)c1ccccc1. The van der Waals surface area contributed by atoms with Crippen molar-refractivity contribution in [3.8, 4) is 10.8 Å². The summed E-state index contributed by atoms with van der Waals surface area (Å²) in [5.74, 6) is 1.33. The zero-order valence-electron chi connectivity index (χ0n) is 17.0. The summed E-state index contributed by atoms with van der Waals surface area (Å²) in [6.07, 6.45) is 6.76. The average Bonchev–Trinajstić information content (AvgIpc) is 3.42. The van der Waals surface area contributed by atoms with Crippen LogP contribution in [0.4, 0.5) is 0 Å². The molecule has 7 heteroatoms. The third-order valence-corrected chi connectivity index (χ3v) is 7.22. The molecule has 0 radical (unpaired) electrons. The summed E-state index contributed by atoms with van der Waals surface area (Å²) in [5, 5.41) is 11.7. The molecule has 0 saturated carbocycles. The van der Waals surface area contributed by atoms with Crippen molar-refractivity contribution >= 4 is 17.2 Å². The summed E-state index contributed by atoms with van der Waals surface area (Å²) >= 11 is 1.80. The number of hydrogen-bond donors (Lipinski definition) is 1. The molecular formula is C23H26N4O2S. The van der Waals surface area contributed by atoms with Gasteiger partial charge in [-0.25, -0.2) is 0 Å². The number of aromatic nitrogens is 2. The number of nitrogens with zero attached hydrogens (tertiary/aromatic N) is 3. The zero-order chi connectivity index (χ0) is 20.3. The maximum Gasteiger partial charge on any atom is 0.257 e. The van der Waals surface area contributed by atoms with Crippen molar-refractivity contribution in [3.05, 3.63) is 58.3 Å². The number of nitrogens with one attached hydrogen (secondary N) is 1. The van der Waals surface area contributed by atoms with Gasteiger partial charge < -0.3 is 9.73 Å². The van der Waals surface area contributed by atoms with Crippen LogP contribution in [0.5, 0.6) is 0 Å². The molecule has 1 N–H and O–H groups in total. The number of hydrogen-bond acceptors (Lipinski definition) is 6. The molecule has 5 rings (SSSR count). The molecule has 156 valence electrons.